The molecule has 1 aromatic heterocycles. The molecule has 0 atom stereocenters. The van der Waals surface area contributed by atoms with Crippen LogP contribution in [-0.4, -0.2) is 4.57 Å². The van der Waals surface area contributed by atoms with Crippen molar-refractivity contribution in [2.24, 2.45) is 0 Å². The van der Waals surface area contributed by atoms with E-state index in [1.807, 2.05) is 0 Å². The van der Waals surface area contributed by atoms with Crippen LogP contribution in [-0.2, 0) is 0 Å². The molecule has 0 aliphatic rings. The highest BCUT2D eigenvalue weighted by molar-refractivity contribution is 6.10. The first-order chi connectivity index (χ1) is 26.5. The van der Waals surface area contributed by atoms with Gasteiger partial charge in [0.25, 0.3) is 0 Å². The molecule has 3 heteroatoms. The van der Waals surface area contributed by atoms with E-state index in [4.69, 9.17) is 0 Å². The van der Waals surface area contributed by atoms with Gasteiger partial charge in [0.05, 0.1) is 11.0 Å². The van der Waals surface area contributed by atoms with Crippen LogP contribution in [0.4, 0.5) is 34.1 Å². The van der Waals surface area contributed by atoms with Crippen molar-refractivity contribution in [1.29, 1.82) is 0 Å². The number of aryl methyl sites for hydroxylation is 3. The number of hydrogen-bond donors (Lipinski definition) is 0. The van der Waals surface area contributed by atoms with Gasteiger partial charge in [0.2, 0.25) is 0 Å². The Morgan fingerprint density at radius 1 is 0.315 bits per heavy atom. The Kier molecular flexibility index (Phi) is 8.53. The fourth-order valence-electron chi connectivity index (χ4n) is 7.58. The molecule has 0 aliphatic heterocycles. The first-order valence-corrected chi connectivity index (χ1v) is 18.6. The summed E-state index contributed by atoms with van der Waals surface area (Å²) in [5.74, 6) is 0. The summed E-state index contributed by atoms with van der Waals surface area (Å²) in [7, 11) is 0. The lowest BCUT2D eigenvalue weighted by Gasteiger charge is -2.30. The summed E-state index contributed by atoms with van der Waals surface area (Å²) in [4.78, 5) is 4.75. The Balaban J connectivity index is 1.32. The van der Waals surface area contributed by atoms with Crippen LogP contribution in [0.15, 0.2) is 194 Å². The second kappa shape index (κ2) is 13.9. The summed E-state index contributed by atoms with van der Waals surface area (Å²) in [5.41, 5.74) is 16.1. The standard InChI is InChI=1S/C51H41N3/c1-36-18-25-43(26-19-36)52(41-12-6-4-7-13-41)46-32-40(33-47(35-46)53(44-27-20-37(2)21-28-44)45-29-22-38(3)23-30-45)39-24-31-49-48-16-10-11-17-50(48)54(51(49)34-39)42-14-8-5-9-15-42/h4-35H,1-3H3. The van der Waals surface area contributed by atoms with Gasteiger partial charge in [-0.1, -0.05) is 120 Å². The predicted molar refractivity (Wildman–Crippen MR) is 230 cm³/mol. The molecule has 9 aromatic rings. The summed E-state index contributed by atoms with van der Waals surface area (Å²) in [6.07, 6.45) is 0. The van der Waals surface area contributed by atoms with Crippen LogP contribution in [0.3, 0.4) is 0 Å². The zero-order valence-corrected chi connectivity index (χ0v) is 30.8. The summed E-state index contributed by atoms with van der Waals surface area (Å²) >= 11 is 0. The maximum atomic E-state index is 2.40. The molecule has 54 heavy (non-hydrogen) atoms. The number of aromatic nitrogens is 1. The normalized spacial score (nSPS) is 11.2. The van der Waals surface area contributed by atoms with Crippen molar-refractivity contribution in [2.75, 3.05) is 9.80 Å². The van der Waals surface area contributed by atoms with Crippen LogP contribution >= 0.6 is 0 Å². The van der Waals surface area contributed by atoms with Crippen molar-refractivity contribution in [3.63, 3.8) is 0 Å². The SMILES string of the molecule is Cc1ccc(N(c2ccccc2)c2cc(-c3ccc4c5ccccc5n(-c5ccccc5)c4c3)cc(N(c3ccc(C)cc3)c3ccc(C)cc3)c2)cc1. The Labute approximate surface area is 317 Å². The van der Waals surface area contributed by atoms with E-state index in [0.29, 0.717) is 0 Å². The number of anilines is 6. The fraction of sp³-hybridized carbons (Fsp3) is 0.0588. The third kappa shape index (κ3) is 6.20. The van der Waals surface area contributed by atoms with Crippen LogP contribution in [0.5, 0.6) is 0 Å². The average Bonchev–Trinajstić information content (AvgIpc) is 3.55. The third-order valence-electron chi connectivity index (χ3n) is 10.3. The molecule has 1 heterocycles. The lowest BCUT2D eigenvalue weighted by atomic mass is 10.00. The van der Waals surface area contributed by atoms with Crippen LogP contribution in [0, 0.1) is 20.8 Å². The number of fused-ring (bicyclic) bond motifs is 3. The van der Waals surface area contributed by atoms with Crippen LogP contribution < -0.4 is 9.80 Å². The summed E-state index contributed by atoms with van der Waals surface area (Å²) in [6, 6.07) is 70.6. The largest absolute Gasteiger partial charge is 0.310 e. The smallest absolute Gasteiger partial charge is 0.0547 e. The molecule has 0 saturated heterocycles. The number of benzene rings is 8. The quantitative estimate of drug-likeness (QED) is 0.157. The zero-order chi connectivity index (χ0) is 36.6. The molecular weight excluding hydrogens is 655 g/mol. The number of hydrogen-bond acceptors (Lipinski definition) is 2. The van der Waals surface area contributed by atoms with Crippen molar-refractivity contribution in [2.45, 2.75) is 20.8 Å². The molecule has 0 saturated carbocycles. The van der Waals surface area contributed by atoms with E-state index in [0.717, 1.165) is 50.9 Å². The highest BCUT2D eigenvalue weighted by Crippen LogP contribution is 2.44. The minimum absolute atomic E-state index is 1.07. The van der Waals surface area contributed by atoms with Crippen molar-refractivity contribution >= 4 is 55.9 Å². The molecule has 0 spiro atoms. The minimum Gasteiger partial charge on any atom is -0.310 e. The highest BCUT2D eigenvalue weighted by Gasteiger charge is 2.20. The van der Waals surface area contributed by atoms with Gasteiger partial charge in [-0.05, 0) is 123 Å². The van der Waals surface area contributed by atoms with Gasteiger partial charge in [0, 0.05) is 50.6 Å². The van der Waals surface area contributed by atoms with Crippen LogP contribution in [0.1, 0.15) is 16.7 Å². The first kappa shape index (κ1) is 33.0. The van der Waals surface area contributed by atoms with Gasteiger partial charge in [0.15, 0.2) is 0 Å². The fourth-order valence-corrected chi connectivity index (χ4v) is 7.58. The molecule has 0 bridgehead atoms. The zero-order valence-electron chi connectivity index (χ0n) is 30.8. The molecule has 0 radical (unpaired) electrons. The Morgan fingerprint density at radius 3 is 1.30 bits per heavy atom. The van der Waals surface area contributed by atoms with E-state index in [1.54, 1.807) is 0 Å². The maximum Gasteiger partial charge on any atom is 0.0547 e. The Morgan fingerprint density at radius 2 is 0.759 bits per heavy atom. The van der Waals surface area contributed by atoms with Crippen molar-refractivity contribution in [3.8, 4) is 16.8 Å². The van der Waals surface area contributed by atoms with Gasteiger partial charge in [-0.2, -0.15) is 0 Å². The molecule has 0 aliphatic carbocycles. The van der Waals surface area contributed by atoms with Gasteiger partial charge in [-0.15, -0.1) is 0 Å². The summed E-state index contributed by atoms with van der Waals surface area (Å²) in [6.45, 7) is 6.42. The van der Waals surface area contributed by atoms with E-state index in [9.17, 15) is 0 Å². The molecule has 0 fully saturated rings. The van der Waals surface area contributed by atoms with Gasteiger partial charge in [0.1, 0.15) is 0 Å². The second-order valence-corrected chi connectivity index (χ2v) is 14.2. The maximum absolute atomic E-state index is 2.40. The second-order valence-electron chi connectivity index (χ2n) is 14.2. The lowest BCUT2D eigenvalue weighted by molar-refractivity contribution is 1.18. The molecule has 8 aromatic carbocycles. The number of nitrogens with zero attached hydrogens (tertiary/aromatic N) is 3. The monoisotopic (exact) mass is 695 g/mol. The van der Waals surface area contributed by atoms with Crippen LogP contribution in [0.2, 0.25) is 0 Å². The number of para-hydroxylation sites is 3. The molecule has 260 valence electrons. The van der Waals surface area contributed by atoms with Crippen molar-refractivity contribution in [1.82, 2.24) is 4.57 Å². The van der Waals surface area contributed by atoms with E-state index in [-0.39, 0.29) is 0 Å². The summed E-state index contributed by atoms with van der Waals surface area (Å²) < 4.78 is 2.40. The van der Waals surface area contributed by atoms with Gasteiger partial charge in [-0.3, -0.25) is 0 Å². The predicted octanol–water partition coefficient (Wildman–Crippen LogP) is 14.3. The van der Waals surface area contributed by atoms with E-state index in [1.165, 1.54) is 38.5 Å². The molecule has 0 unspecified atom stereocenters. The van der Waals surface area contributed by atoms with Gasteiger partial charge >= 0.3 is 0 Å². The topological polar surface area (TPSA) is 11.4 Å². The Hall–Kier alpha value is -6.84. The van der Waals surface area contributed by atoms with Crippen LogP contribution in [0.25, 0.3) is 38.6 Å². The molecule has 0 amide bonds. The number of rotatable bonds is 8. The highest BCUT2D eigenvalue weighted by atomic mass is 15.2. The third-order valence-corrected chi connectivity index (χ3v) is 10.3. The first-order valence-electron chi connectivity index (χ1n) is 18.6. The van der Waals surface area contributed by atoms with E-state index >= 15 is 0 Å². The van der Waals surface area contributed by atoms with Crippen molar-refractivity contribution in [3.05, 3.63) is 211 Å². The minimum atomic E-state index is 1.07. The molecule has 9 rings (SSSR count). The average molecular weight is 696 g/mol. The lowest BCUT2D eigenvalue weighted by Crippen LogP contribution is -2.13. The van der Waals surface area contributed by atoms with Crippen molar-refractivity contribution < 1.29 is 0 Å². The molecule has 0 N–H and O–H groups in total. The summed E-state index contributed by atoms with van der Waals surface area (Å²) in [5, 5.41) is 2.48. The van der Waals surface area contributed by atoms with E-state index in [2.05, 4.69) is 229 Å². The molecule has 3 nitrogen and oxygen atoms in total. The van der Waals surface area contributed by atoms with Gasteiger partial charge < -0.3 is 14.4 Å². The van der Waals surface area contributed by atoms with Gasteiger partial charge in [-0.25, -0.2) is 0 Å². The van der Waals surface area contributed by atoms with E-state index < -0.39 is 0 Å². The Bertz CT molecular complexity index is 2660. The molecular formula is C51H41N3.